The fourth-order valence-corrected chi connectivity index (χ4v) is 2.49. The van der Waals surface area contributed by atoms with E-state index in [1.807, 2.05) is 31.2 Å². The second-order valence-corrected chi connectivity index (χ2v) is 6.23. The first-order chi connectivity index (χ1) is 11.0. The first-order valence-corrected chi connectivity index (χ1v) is 8.19. The third-order valence-corrected chi connectivity index (χ3v) is 4.05. The average molecular weight is 399 g/mol. The number of benzene rings is 2. The van der Waals surface area contributed by atoms with E-state index in [1.54, 1.807) is 12.1 Å². The molecule has 0 bridgehead atoms. The lowest BCUT2D eigenvalue weighted by Crippen LogP contribution is -2.16. The van der Waals surface area contributed by atoms with Crippen molar-refractivity contribution in [3.8, 4) is 11.5 Å². The molecule has 122 valence electrons. The predicted octanol–water partition coefficient (Wildman–Crippen LogP) is 4.83. The van der Waals surface area contributed by atoms with E-state index in [4.69, 9.17) is 21.1 Å². The second-order valence-electron chi connectivity index (χ2n) is 4.91. The number of anilines is 1. The number of halogens is 2. The Balaban J connectivity index is 1.91. The van der Waals surface area contributed by atoms with Crippen LogP contribution in [0.3, 0.4) is 0 Å². The minimum absolute atomic E-state index is 0.153. The highest BCUT2D eigenvalue weighted by Gasteiger charge is 2.10. The van der Waals surface area contributed by atoms with Crippen LogP contribution >= 0.6 is 27.5 Å². The molecule has 0 saturated carbocycles. The molecule has 0 saturated heterocycles. The van der Waals surface area contributed by atoms with E-state index in [1.165, 1.54) is 7.11 Å². The summed E-state index contributed by atoms with van der Waals surface area (Å²) in [6.45, 7) is 2.16. The van der Waals surface area contributed by atoms with Gasteiger partial charge in [0.25, 0.3) is 0 Å². The van der Waals surface area contributed by atoms with Crippen LogP contribution in [-0.2, 0) is 4.79 Å². The first kappa shape index (κ1) is 17.6. The number of carbonyl (C=O) groups is 1. The van der Waals surface area contributed by atoms with E-state index in [2.05, 4.69) is 21.2 Å². The van der Waals surface area contributed by atoms with Gasteiger partial charge in [-0.2, -0.15) is 0 Å². The number of hydrogen-bond acceptors (Lipinski definition) is 3. The van der Waals surface area contributed by atoms with Gasteiger partial charge in [-0.25, -0.2) is 0 Å². The van der Waals surface area contributed by atoms with E-state index in [-0.39, 0.29) is 18.9 Å². The lowest BCUT2D eigenvalue weighted by molar-refractivity contribution is -0.116. The second kappa shape index (κ2) is 8.22. The summed E-state index contributed by atoms with van der Waals surface area (Å²) in [5.74, 6) is 1.09. The molecule has 2 aromatic carbocycles. The highest BCUT2D eigenvalue weighted by molar-refractivity contribution is 9.10. The van der Waals surface area contributed by atoms with Crippen molar-refractivity contribution in [1.29, 1.82) is 0 Å². The van der Waals surface area contributed by atoms with Gasteiger partial charge >= 0.3 is 0 Å². The number of nitrogens with one attached hydrogen (secondary N) is 1. The number of hydrogen-bond donors (Lipinski definition) is 1. The maximum atomic E-state index is 12.0. The molecule has 0 radical (unpaired) electrons. The molecule has 2 rings (SSSR count). The maximum Gasteiger partial charge on any atom is 0.227 e. The third-order valence-electron chi connectivity index (χ3n) is 3.15. The summed E-state index contributed by atoms with van der Waals surface area (Å²) in [4.78, 5) is 12.0. The van der Waals surface area contributed by atoms with Crippen molar-refractivity contribution in [2.24, 2.45) is 0 Å². The number of aryl methyl sites for hydroxylation is 1. The summed E-state index contributed by atoms with van der Waals surface area (Å²) >= 11 is 9.42. The minimum atomic E-state index is -0.153. The Kier molecular flexibility index (Phi) is 6.30. The van der Waals surface area contributed by atoms with Crippen LogP contribution in [0.25, 0.3) is 0 Å². The normalized spacial score (nSPS) is 10.3. The Hall–Kier alpha value is -1.72. The molecule has 0 aliphatic heterocycles. The number of methoxy groups -OCH3 is 1. The molecule has 2 aromatic rings. The van der Waals surface area contributed by atoms with Crippen molar-refractivity contribution in [3.63, 3.8) is 0 Å². The number of carbonyl (C=O) groups excluding carboxylic acids is 1. The summed E-state index contributed by atoms with van der Waals surface area (Å²) in [6, 6.07) is 11.0. The largest absolute Gasteiger partial charge is 0.495 e. The number of ether oxygens (including phenoxy) is 2. The zero-order valence-corrected chi connectivity index (χ0v) is 15.2. The molecule has 23 heavy (non-hydrogen) atoms. The van der Waals surface area contributed by atoms with Gasteiger partial charge in [-0.15, -0.1) is 0 Å². The van der Waals surface area contributed by atoms with Crippen LogP contribution < -0.4 is 14.8 Å². The van der Waals surface area contributed by atoms with Crippen LogP contribution in [0.5, 0.6) is 11.5 Å². The average Bonchev–Trinajstić information content (AvgIpc) is 2.50. The molecule has 1 amide bonds. The lowest BCUT2D eigenvalue weighted by atomic mass is 10.2. The van der Waals surface area contributed by atoms with E-state index in [9.17, 15) is 4.79 Å². The fourth-order valence-electron chi connectivity index (χ4n) is 1.96. The van der Waals surface area contributed by atoms with Crippen molar-refractivity contribution in [1.82, 2.24) is 0 Å². The summed E-state index contributed by atoms with van der Waals surface area (Å²) in [5.41, 5.74) is 1.47. The SMILES string of the molecule is COc1cc(Cl)c(C)cc1NC(=O)CCOc1cccc(Br)c1. The highest BCUT2D eigenvalue weighted by Crippen LogP contribution is 2.31. The van der Waals surface area contributed by atoms with E-state index < -0.39 is 0 Å². The van der Waals surface area contributed by atoms with Crippen molar-refractivity contribution in [3.05, 3.63) is 51.5 Å². The Morgan fingerprint density at radius 3 is 2.78 bits per heavy atom. The van der Waals surface area contributed by atoms with Crippen LogP contribution in [0.4, 0.5) is 5.69 Å². The maximum absolute atomic E-state index is 12.0. The van der Waals surface area contributed by atoms with Crippen LogP contribution in [-0.4, -0.2) is 19.6 Å². The van der Waals surface area contributed by atoms with Crippen molar-refractivity contribution in [2.45, 2.75) is 13.3 Å². The van der Waals surface area contributed by atoms with Gasteiger partial charge in [0, 0.05) is 15.6 Å². The standard InChI is InChI=1S/C17H17BrClNO3/c1-11-8-15(16(22-2)10-14(11)19)20-17(21)6-7-23-13-5-3-4-12(18)9-13/h3-5,8-10H,6-7H2,1-2H3,(H,20,21). The molecule has 0 aromatic heterocycles. The quantitative estimate of drug-likeness (QED) is 0.758. The van der Waals surface area contributed by atoms with Gasteiger partial charge in [0.1, 0.15) is 11.5 Å². The van der Waals surface area contributed by atoms with Gasteiger partial charge < -0.3 is 14.8 Å². The molecular formula is C17H17BrClNO3. The lowest BCUT2D eigenvalue weighted by Gasteiger charge is -2.12. The monoisotopic (exact) mass is 397 g/mol. The van der Waals surface area contributed by atoms with Crippen LogP contribution in [0.1, 0.15) is 12.0 Å². The molecule has 0 fully saturated rings. The van der Waals surface area contributed by atoms with Gasteiger partial charge in [-0.3, -0.25) is 4.79 Å². The molecule has 0 heterocycles. The topological polar surface area (TPSA) is 47.6 Å². The summed E-state index contributed by atoms with van der Waals surface area (Å²) in [7, 11) is 1.53. The van der Waals surface area contributed by atoms with E-state index in [0.717, 1.165) is 10.0 Å². The van der Waals surface area contributed by atoms with Gasteiger partial charge in [-0.05, 0) is 36.8 Å². The summed E-state index contributed by atoms with van der Waals surface area (Å²) in [5, 5.41) is 3.41. The predicted molar refractivity (Wildman–Crippen MR) is 95.6 cm³/mol. The van der Waals surface area contributed by atoms with Gasteiger partial charge in [0.15, 0.2) is 0 Å². The molecule has 0 spiro atoms. The Labute approximate surface area is 148 Å². The molecule has 4 nitrogen and oxygen atoms in total. The zero-order chi connectivity index (χ0) is 16.8. The van der Waals surface area contributed by atoms with E-state index >= 15 is 0 Å². The van der Waals surface area contributed by atoms with Gasteiger partial charge in [0.2, 0.25) is 5.91 Å². The summed E-state index contributed by atoms with van der Waals surface area (Å²) in [6.07, 6.45) is 0.233. The van der Waals surface area contributed by atoms with Crippen LogP contribution in [0, 0.1) is 6.92 Å². The number of amides is 1. The van der Waals surface area contributed by atoms with Gasteiger partial charge in [-0.1, -0.05) is 33.6 Å². The highest BCUT2D eigenvalue weighted by atomic mass is 79.9. The molecule has 1 N–H and O–H groups in total. The Morgan fingerprint density at radius 1 is 1.30 bits per heavy atom. The molecule has 0 unspecified atom stereocenters. The molecule has 6 heteroatoms. The Morgan fingerprint density at radius 2 is 2.09 bits per heavy atom. The summed E-state index contributed by atoms with van der Waals surface area (Å²) < 4.78 is 11.7. The third kappa shape index (κ3) is 5.15. The van der Waals surface area contributed by atoms with Gasteiger partial charge in [0.05, 0.1) is 25.8 Å². The van der Waals surface area contributed by atoms with Crippen molar-refractivity contribution < 1.29 is 14.3 Å². The van der Waals surface area contributed by atoms with Crippen molar-refractivity contribution in [2.75, 3.05) is 19.0 Å². The molecule has 0 atom stereocenters. The van der Waals surface area contributed by atoms with Crippen LogP contribution in [0.15, 0.2) is 40.9 Å². The van der Waals surface area contributed by atoms with E-state index in [0.29, 0.717) is 22.2 Å². The molecular weight excluding hydrogens is 382 g/mol. The minimum Gasteiger partial charge on any atom is -0.495 e. The van der Waals surface area contributed by atoms with Crippen molar-refractivity contribution >= 4 is 39.1 Å². The smallest absolute Gasteiger partial charge is 0.227 e. The molecule has 0 aliphatic rings. The molecule has 0 aliphatic carbocycles. The Bertz CT molecular complexity index is 706. The van der Waals surface area contributed by atoms with Crippen LogP contribution in [0.2, 0.25) is 5.02 Å². The fraction of sp³-hybridized carbons (Fsp3) is 0.235. The first-order valence-electron chi connectivity index (χ1n) is 7.02. The number of rotatable bonds is 6. The zero-order valence-electron chi connectivity index (χ0n) is 12.9.